The van der Waals surface area contributed by atoms with Crippen molar-refractivity contribution in [3.8, 4) is 11.5 Å². The zero-order chi connectivity index (χ0) is 20.2. The first-order valence-corrected chi connectivity index (χ1v) is 10.6. The number of ether oxygens (including phenoxy) is 3. The van der Waals surface area contributed by atoms with Crippen LogP contribution in [0.5, 0.6) is 11.5 Å². The molecule has 1 aromatic heterocycles. The molecule has 1 atom stereocenters. The Labute approximate surface area is 178 Å². The average molecular weight is 433 g/mol. The molecular formula is C21H21ClN2O4S. The molecule has 1 aliphatic heterocycles. The van der Waals surface area contributed by atoms with Crippen LogP contribution < -0.4 is 14.4 Å². The molecule has 1 aliphatic rings. The number of anilines is 1. The van der Waals surface area contributed by atoms with Crippen molar-refractivity contribution in [2.75, 3.05) is 31.8 Å². The van der Waals surface area contributed by atoms with Gasteiger partial charge in [0.15, 0.2) is 11.7 Å². The van der Waals surface area contributed by atoms with Crippen LogP contribution in [0.1, 0.15) is 12.8 Å². The van der Waals surface area contributed by atoms with Gasteiger partial charge in [0.25, 0.3) is 5.91 Å². The van der Waals surface area contributed by atoms with Crippen molar-refractivity contribution < 1.29 is 19.0 Å². The summed E-state index contributed by atoms with van der Waals surface area (Å²) in [5.41, 5.74) is 0.749. The molecule has 1 saturated heterocycles. The molecule has 0 radical (unpaired) electrons. The lowest BCUT2D eigenvalue weighted by Gasteiger charge is -2.23. The van der Waals surface area contributed by atoms with Crippen LogP contribution in [0.4, 0.5) is 5.13 Å². The summed E-state index contributed by atoms with van der Waals surface area (Å²) in [6.07, 6.45) is 1.93. The van der Waals surface area contributed by atoms with Crippen LogP contribution in [-0.2, 0) is 9.53 Å². The third kappa shape index (κ3) is 4.63. The summed E-state index contributed by atoms with van der Waals surface area (Å²) in [4.78, 5) is 19.4. The van der Waals surface area contributed by atoms with E-state index in [4.69, 9.17) is 25.8 Å². The largest absolute Gasteiger partial charge is 0.494 e. The van der Waals surface area contributed by atoms with Crippen LogP contribution in [0.3, 0.4) is 0 Å². The number of thiazole rings is 1. The molecule has 1 amide bonds. The van der Waals surface area contributed by atoms with Crippen molar-refractivity contribution in [2.24, 2.45) is 0 Å². The van der Waals surface area contributed by atoms with Gasteiger partial charge in [-0.3, -0.25) is 9.69 Å². The predicted molar refractivity (Wildman–Crippen MR) is 114 cm³/mol. The Hall–Kier alpha value is -2.35. The molecule has 152 valence electrons. The van der Waals surface area contributed by atoms with Crippen LogP contribution in [0.2, 0.25) is 5.02 Å². The fourth-order valence-corrected chi connectivity index (χ4v) is 4.36. The summed E-state index contributed by atoms with van der Waals surface area (Å²) in [5.74, 6) is 1.10. The van der Waals surface area contributed by atoms with Gasteiger partial charge >= 0.3 is 0 Å². The molecule has 29 heavy (non-hydrogen) atoms. The minimum Gasteiger partial charge on any atom is -0.494 e. The van der Waals surface area contributed by atoms with E-state index in [-0.39, 0.29) is 18.6 Å². The average Bonchev–Trinajstić information content (AvgIpc) is 3.40. The van der Waals surface area contributed by atoms with Crippen LogP contribution in [0.15, 0.2) is 42.5 Å². The molecule has 0 saturated carbocycles. The normalized spacial score (nSPS) is 16.1. The Kier molecular flexibility index (Phi) is 6.18. The van der Waals surface area contributed by atoms with E-state index in [9.17, 15) is 4.79 Å². The Morgan fingerprint density at radius 1 is 1.31 bits per heavy atom. The first-order valence-electron chi connectivity index (χ1n) is 9.38. The van der Waals surface area contributed by atoms with E-state index in [0.717, 1.165) is 29.7 Å². The van der Waals surface area contributed by atoms with E-state index in [1.54, 1.807) is 36.3 Å². The van der Waals surface area contributed by atoms with E-state index >= 15 is 0 Å². The highest BCUT2D eigenvalue weighted by Gasteiger charge is 2.27. The van der Waals surface area contributed by atoms with Crippen LogP contribution >= 0.6 is 22.9 Å². The smallest absolute Gasteiger partial charge is 0.266 e. The summed E-state index contributed by atoms with van der Waals surface area (Å²) < 4.78 is 17.8. The van der Waals surface area contributed by atoms with E-state index in [0.29, 0.717) is 28.2 Å². The lowest BCUT2D eigenvalue weighted by molar-refractivity contribution is -0.120. The molecule has 6 nitrogen and oxygen atoms in total. The lowest BCUT2D eigenvalue weighted by Crippen LogP contribution is -2.40. The van der Waals surface area contributed by atoms with Gasteiger partial charge in [0.2, 0.25) is 0 Å². The number of carbonyl (C=O) groups is 1. The van der Waals surface area contributed by atoms with E-state index in [2.05, 4.69) is 4.98 Å². The van der Waals surface area contributed by atoms with Crippen molar-refractivity contribution in [2.45, 2.75) is 18.9 Å². The van der Waals surface area contributed by atoms with Crippen LogP contribution in [-0.4, -0.2) is 43.9 Å². The molecule has 4 rings (SSSR count). The summed E-state index contributed by atoms with van der Waals surface area (Å²) in [6.45, 7) is 1.08. The number of halogens is 1. The molecule has 1 unspecified atom stereocenters. The van der Waals surface area contributed by atoms with Crippen molar-refractivity contribution in [1.82, 2.24) is 4.98 Å². The number of amides is 1. The van der Waals surface area contributed by atoms with E-state index in [1.165, 1.54) is 11.3 Å². The Bertz CT molecular complexity index is 986. The maximum absolute atomic E-state index is 13.1. The Balaban J connectivity index is 1.57. The number of nitrogens with zero attached hydrogens (tertiary/aromatic N) is 2. The maximum atomic E-state index is 13.1. The van der Waals surface area contributed by atoms with Gasteiger partial charge in [0, 0.05) is 11.6 Å². The number of aromatic nitrogens is 1. The number of para-hydroxylation sites is 1. The van der Waals surface area contributed by atoms with Crippen molar-refractivity contribution in [3.63, 3.8) is 0 Å². The second-order valence-corrected chi connectivity index (χ2v) is 8.13. The number of hydrogen-bond acceptors (Lipinski definition) is 6. The first-order chi connectivity index (χ1) is 14.1. The highest BCUT2D eigenvalue weighted by Crippen LogP contribution is 2.34. The van der Waals surface area contributed by atoms with Gasteiger partial charge in [-0.15, -0.1) is 0 Å². The van der Waals surface area contributed by atoms with Crippen LogP contribution in [0.25, 0.3) is 10.2 Å². The second kappa shape index (κ2) is 8.98. The molecule has 2 heterocycles. The SMILES string of the molecule is COc1cccc2sc(N(CC3CCCO3)C(=O)COc3ccc(Cl)cc3)nc12. The van der Waals surface area contributed by atoms with Crippen molar-refractivity contribution in [3.05, 3.63) is 47.5 Å². The highest BCUT2D eigenvalue weighted by molar-refractivity contribution is 7.22. The molecule has 0 N–H and O–H groups in total. The van der Waals surface area contributed by atoms with Gasteiger partial charge in [0.05, 0.1) is 24.5 Å². The van der Waals surface area contributed by atoms with E-state index < -0.39 is 0 Å². The fraction of sp³-hybridized carbons (Fsp3) is 0.333. The Morgan fingerprint density at radius 2 is 2.14 bits per heavy atom. The third-order valence-corrected chi connectivity index (χ3v) is 6.00. The lowest BCUT2D eigenvalue weighted by atomic mass is 10.2. The van der Waals surface area contributed by atoms with Crippen molar-refractivity contribution >= 4 is 44.2 Å². The number of carbonyl (C=O) groups excluding carboxylic acids is 1. The van der Waals surface area contributed by atoms with Crippen LogP contribution in [0, 0.1) is 0 Å². The molecule has 8 heteroatoms. The molecule has 1 fully saturated rings. The molecular weight excluding hydrogens is 412 g/mol. The number of hydrogen-bond donors (Lipinski definition) is 0. The molecule has 0 aliphatic carbocycles. The second-order valence-electron chi connectivity index (χ2n) is 6.69. The first kappa shape index (κ1) is 19.9. The minimum absolute atomic E-state index is 0.00314. The summed E-state index contributed by atoms with van der Waals surface area (Å²) in [5, 5.41) is 1.23. The third-order valence-electron chi connectivity index (χ3n) is 4.71. The fourth-order valence-electron chi connectivity index (χ4n) is 3.22. The summed E-state index contributed by atoms with van der Waals surface area (Å²) in [6, 6.07) is 12.7. The van der Waals surface area contributed by atoms with Gasteiger partial charge < -0.3 is 14.2 Å². The molecule has 0 spiro atoms. The number of fused-ring (bicyclic) bond motifs is 1. The quantitative estimate of drug-likeness (QED) is 0.548. The standard InChI is InChI=1S/C21H21ClN2O4S/c1-26-17-5-2-6-18-20(17)23-21(29-18)24(12-16-4-3-11-27-16)19(25)13-28-15-9-7-14(22)8-10-15/h2,5-10,16H,3-4,11-13H2,1H3. The number of rotatable bonds is 7. The maximum Gasteiger partial charge on any atom is 0.266 e. The Morgan fingerprint density at radius 3 is 2.86 bits per heavy atom. The van der Waals surface area contributed by atoms with Gasteiger partial charge in [-0.2, -0.15) is 0 Å². The molecule has 3 aromatic rings. The number of benzene rings is 2. The zero-order valence-corrected chi connectivity index (χ0v) is 17.5. The summed E-state index contributed by atoms with van der Waals surface area (Å²) in [7, 11) is 1.61. The molecule has 0 bridgehead atoms. The summed E-state index contributed by atoms with van der Waals surface area (Å²) >= 11 is 7.36. The monoisotopic (exact) mass is 432 g/mol. The van der Waals surface area contributed by atoms with E-state index in [1.807, 2.05) is 18.2 Å². The van der Waals surface area contributed by atoms with Gasteiger partial charge in [-0.25, -0.2) is 4.98 Å². The van der Waals surface area contributed by atoms with Crippen molar-refractivity contribution in [1.29, 1.82) is 0 Å². The number of methoxy groups -OCH3 is 1. The van der Waals surface area contributed by atoms with Gasteiger partial charge in [0.1, 0.15) is 17.0 Å². The van der Waals surface area contributed by atoms with Gasteiger partial charge in [-0.05, 0) is 49.2 Å². The predicted octanol–water partition coefficient (Wildman–Crippen LogP) is 4.55. The molecule has 2 aromatic carbocycles. The topological polar surface area (TPSA) is 60.9 Å². The zero-order valence-electron chi connectivity index (χ0n) is 16.0. The highest BCUT2D eigenvalue weighted by atomic mass is 35.5. The minimum atomic E-state index is -0.173. The van der Waals surface area contributed by atoms with Gasteiger partial charge in [-0.1, -0.05) is 29.0 Å².